The molecule has 1 amide bonds. The Morgan fingerprint density at radius 3 is 2.85 bits per heavy atom. The predicted octanol–water partition coefficient (Wildman–Crippen LogP) is 2.44. The number of hydrogen-bond acceptors (Lipinski definition) is 6. The molecule has 0 spiro atoms. The molecule has 3 heterocycles. The highest BCUT2D eigenvalue weighted by Gasteiger charge is 2.20. The third-order valence-corrected chi connectivity index (χ3v) is 5.66. The van der Waals surface area contributed by atoms with E-state index < -0.39 is 5.56 Å². The van der Waals surface area contributed by atoms with E-state index in [-0.39, 0.29) is 11.6 Å². The SMILES string of the molecule is O=C(NCc1cccc(Br)c1)c1cc(=O)nc2sc(N3CCCC3)nn12. The summed E-state index contributed by atoms with van der Waals surface area (Å²) in [6.45, 7) is 2.24. The Kier molecular flexibility index (Phi) is 4.73. The summed E-state index contributed by atoms with van der Waals surface area (Å²) in [6, 6.07) is 8.92. The van der Waals surface area contributed by atoms with Crippen molar-refractivity contribution in [2.24, 2.45) is 0 Å². The van der Waals surface area contributed by atoms with Crippen LogP contribution < -0.4 is 15.8 Å². The van der Waals surface area contributed by atoms with E-state index in [1.807, 2.05) is 24.3 Å². The van der Waals surface area contributed by atoms with Crippen LogP contribution in [0, 0.1) is 0 Å². The summed E-state index contributed by atoms with van der Waals surface area (Å²) in [6.07, 6.45) is 2.25. The number of aromatic nitrogens is 3. The molecule has 9 heteroatoms. The summed E-state index contributed by atoms with van der Waals surface area (Å²) in [5.74, 6) is -0.349. The molecule has 1 aliphatic heterocycles. The minimum absolute atomic E-state index is 0.205. The van der Waals surface area contributed by atoms with E-state index >= 15 is 0 Å². The smallest absolute Gasteiger partial charge is 0.274 e. The summed E-state index contributed by atoms with van der Waals surface area (Å²) in [5, 5.41) is 8.15. The van der Waals surface area contributed by atoms with Crippen LogP contribution in [0.3, 0.4) is 0 Å². The van der Waals surface area contributed by atoms with Gasteiger partial charge in [0.1, 0.15) is 5.69 Å². The molecule has 7 nitrogen and oxygen atoms in total. The summed E-state index contributed by atoms with van der Waals surface area (Å²) in [4.78, 5) is 31.1. The summed E-state index contributed by atoms with van der Waals surface area (Å²) < 4.78 is 2.41. The average molecular weight is 434 g/mol. The first-order chi connectivity index (χ1) is 12.6. The number of nitrogens with one attached hydrogen (secondary N) is 1. The predicted molar refractivity (Wildman–Crippen MR) is 104 cm³/mol. The maximum Gasteiger partial charge on any atom is 0.274 e. The van der Waals surface area contributed by atoms with Gasteiger partial charge in [0.2, 0.25) is 10.1 Å². The van der Waals surface area contributed by atoms with Crippen molar-refractivity contribution in [1.82, 2.24) is 19.9 Å². The topological polar surface area (TPSA) is 79.6 Å². The second kappa shape index (κ2) is 7.16. The Balaban J connectivity index is 1.62. The van der Waals surface area contributed by atoms with Gasteiger partial charge in [-0.2, -0.15) is 9.50 Å². The van der Waals surface area contributed by atoms with Crippen molar-refractivity contribution in [2.45, 2.75) is 19.4 Å². The summed E-state index contributed by atoms with van der Waals surface area (Å²) >= 11 is 4.75. The normalized spacial score (nSPS) is 14.1. The number of fused-ring (bicyclic) bond motifs is 1. The van der Waals surface area contributed by atoms with Gasteiger partial charge >= 0.3 is 0 Å². The number of benzene rings is 1. The van der Waals surface area contributed by atoms with Gasteiger partial charge in [0, 0.05) is 30.2 Å². The van der Waals surface area contributed by atoms with Crippen molar-refractivity contribution in [1.29, 1.82) is 0 Å². The van der Waals surface area contributed by atoms with E-state index in [0.29, 0.717) is 11.5 Å². The molecule has 4 rings (SSSR count). The molecule has 1 fully saturated rings. The van der Waals surface area contributed by atoms with E-state index in [0.717, 1.165) is 41.1 Å². The lowest BCUT2D eigenvalue weighted by Gasteiger charge is -2.11. The van der Waals surface area contributed by atoms with Gasteiger partial charge in [0.05, 0.1) is 0 Å². The van der Waals surface area contributed by atoms with Crippen molar-refractivity contribution < 1.29 is 4.79 Å². The van der Waals surface area contributed by atoms with E-state index in [1.165, 1.54) is 21.9 Å². The zero-order valence-corrected chi connectivity index (χ0v) is 16.2. The number of anilines is 1. The summed E-state index contributed by atoms with van der Waals surface area (Å²) in [5.41, 5.74) is 0.729. The molecule has 1 aliphatic rings. The van der Waals surface area contributed by atoms with E-state index in [2.05, 4.69) is 36.2 Å². The van der Waals surface area contributed by atoms with Gasteiger partial charge < -0.3 is 10.2 Å². The van der Waals surface area contributed by atoms with E-state index in [4.69, 9.17) is 0 Å². The second-order valence-corrected chi connectivity index (χ2v) is 7.92. The minimum atomic E-state index is -0.436. The van der Waals surface area contributed by atoms with Crippen molar-refractivity contribution in [2.75, 3.05) is 18.0 Å². The van der Waals surface area contributed by atoms with Crippen LogP contribution in [0.25, 0.3) is 4.96 Å². The Hall–Kier alpha value is -2.26. The van der Waals surface area contributed by atoms with Crippen molar-refractivity contribution in [3.05, 3.63) is 56.4 Å². The highest BCUT2D eigenvalue weighted by atomic mass is 79.9. The van der Waals surface area contributed by atoms with Gasteiger partial charge in [-0.25, -0.2) is 0 Å². The molecule has 0 bridgehead atoms. The number of hydrogen-bond donors (Lipinski definition) is 1. The van der Waals surface area contributed by atoms with Crippen molar-refractivity contribution in [3.63, 3.8) is 0 Å². The van der Waals surface area contributed by atoms with Crippen LogP contribution in [0.5, 0.6) is 0 Å². The van der Waals surface area contributed by atoms with Gasteiger partial charge in [-0.3, -0.25) is 9.59 Å². The first-order valence-electron chi connectivity index (χ1n) is 8.29. The molecular formula is C17H16BrN5O2S. The van der Waals surface area contributed by atoms with Crippen molar-refractivity contribution in [3.8, 4) is 0 Å². The van der Waals surface area contributed by atoms with Crippen LogP contribution in [0.15, 0.2) is 39.6 Å². The maximum absolute atomic E-state index is 12.6. The Morgan fingerprint density at radius 2 is 2.08 bits per heavy atom. The fourth-order valence-electron chi connectivity index (χ4n) is 2.92. The third-order valence-electron chi connectivity index (χ3n) is 4.19. The molecular weight excluding hydrogens is 418 g/mol. The van der Waals surface area contributed by atoms with Gasteiger partial charge in [0.15, 0.2) is 0 Å². The number of amides is 1. The van der Waals surface area contributed by atoms with Crippen LogP contribution >= 0.6 is 27.3 Å². The lowest BCUT2D eigenvalue weighted by molar-refractivity contribution is 0.0943. The fraction of sp³-hybridized carbons (Fsp3) is 0.294. The van der Waals surface area contributed by atoms with Gasteiger partial charge in [-0.1, -0.05) is 39.4 Å². The quantitative estimate of drug-likeness (QED) is 0.683. The Bertz CT molecular complexity index is 1030. The molecule has 0 radical (unpaired) electrons. The standard InChI is InChI=1S/C17H16BrN5O2S/c18-12-5-3-4-11(8-12)10-19-15(25)13-9-14(24)20-16-23(13)21-17(26-16)22-6-1-2-7-22/h3-5,8-9H,1-2,6-7,10H2,(H,19,25). The second-order valence-electron chi connectivity index (χ2n) is 6.07. The third kappa shape index (κ3) is 3.49. The van der Waals surface area contributed by atoms with E-state index in [1.54, 1.807) is 0 Å². The largest absolute Gasteiger partial charge is 0.347 e. The monoisotopic (exact) mass is 433 g/mol. The average Bonchev–Trinajstić information content (AvgIpc) is 3.28. The van der Waals surface area contributed by atoms with Gasteiger partial charge in [-0.05, 0) is 30.5 Å². The molecule has 3 aromatic rings. The number of nitrogens with zero attached hydrogens (tertiary/aromatic N) is 4. The molecule has 134 valence electrons. The molecule has 0 atom stereocenters. The molecule has 26 heavy (non-hydrogen) atoms. The number of carbonyl (C=O) groups is 1. The molecule has 0 unspecified atom stereocenters. The number of rotatable bonds is 4. The first-order valence-corrected chi connectivity index (χ1v) is 9.89. The van der Waals surface area contributed by atoms with Crippen molar-refractivity contribution >= 4 is 43.3 Å². The molecule has 1 saturated heterocycles. The fourth-order valence-corrected chi connectivity index (χ4v) is 4.33. The lowest BCUT2D eigenvalue weighted by atomic mass is 10.2. The van der Waals surface area contributed by atoms with E-state index in [9.17, 15) is 9.59 Å². The van der Waals surface area contributed by atoms with Gasteiger partial charge in [-0.15, -0.1) is 5.10 Å². The lowest BCUT2D eigenvalue weighted by Crippen LogP contribution is -2.27. The highest BCUT2D eigenvalue weighted by molar-refractivity contribution is 9.10. The maximum atomic E-state index is 12.6. The Labute approximate surface area is 161 Å². The molecule has 1 N–H and O–H groups in total. The van der Waals surface area contributed by atoms with Crippen LogP contribution in [0.2, 0.25) is 0 Å². The zero-order chi connectivity index (χ0) is 18.1. The zero-order valence-electron chi connectivity index (χ0n) is 13.8. The first kappa shape index (κ1) is 17.2. The van der Waals surface area contributed by atoms with Crippen LogP contribution in [0.4, 0.5) is 5.13 Å². The van der Waals surface area contributed by atoms with Crippen LogP contribution in [-0.2, 0) is 6.54 Å². The Morgan fingerprint density at radius 1 is 1.27 bits per heavy atom. The minimum Gasteiger partial charge on any atom is -0.347 e. The molecule has 0 saturated carbocycles. The number of carbonyl (C=O) groups excluding carboxylic acids is 1. The van der Waals surface area contributed by atoms with Crippen LogP contribution in [-0.4, -0.2) is 33.6 Å². The van der Waals surface area contributed by atoms with Gasteiger partial charge in [0.25, 0.3) is 11.5 Å². The highest BCUT2D eigenvalue weighted by Crippen LogP contribution is 2.25. The molecule has 1 aromatic carbocycles. The number of halogens is 1. The van der Waals surface area contributed by atoms with Crippen LogP contribution in [0.1, 0.15) is 28.9 Å². The molecule has 2 aromatic heterocycles. The summed E-state index contributed by atoms with van der Waals surface area (Å²) in [7, 11) is 0. The molecule has 0 aliphatic carbocycles.